The monoisotopic (exact) mass is 191 g/mol. The van der Waals surface area contributed by atoms with Crippen LogP contribution in [0.5, 0.6) is 0 Å². The Kier molecular flexibility index (Phi) is 2.77. The van der Waals surface area contributed by atoms with Gasteiger partial charge in [0.05, 0.1) is 11.4 Å². The molecule has 2 unspecified atom stereocenters. The normalized spacial score (nSPS) is 25.9. The van der Waals surface area contributed by atoms with Crippen LogP contribution in [0.15, 0.2) is 12.4 Å². The molecule has 0 amide bonds. The Morgan fingerprint density at radius 2 is 2.21 bits per heavy atom. The molecule has 1 aromatic rings. The lowest BCUT2D eigenvalue weighted by molar-refractivity contribution is 0.227. The van der Waals surface area contributed by atoms with Crippen LogP contribution in [0.4, 0.5) is 0 Å². The van der Waals surface area contributed by atoms with Gasteiger partial charge in [-0.05, 0) is 25.7 Å². The second-order valence-electron chi connectivity index (χ2n) is 4.19. The summed E-state index contributed by atoms with van der Waals surface area (Å²) in [4.78, 5) is 8.53. The van der Waals surface area contributed by atoms with Gasteiger partial charge in [-0.15, -0.1) is 0 Å². The summed E-state index contributed by atoms with van der Waals surface area (Å²) in [5.74, 6) is 0.827. The van der Waals surface area contributed by atoms with Crippen LogP contribution >= 0.6 is 0 Å². The first kappa shape index (κ1) is 9.59. The van der Waals surface area contributed by atoms with Crippen molar-refractivity contribution in [3.8, 4) is 0 Å². The fourth-order valence-electron chi connectivity index (χ4n) is 1.72. The van der Waals surface area contributed by atoms with Crippen LogP contribution in [0.25, 0.3) is 0 Å². The van der Waals surface area contributed by atoms with Crippen molar-refractivity contribution >= 4 is 0 Å². The lowest BCUT2D eigenvalue weighted by Crippen LogP contribution is -2.42. The van der Waals surface area contributed by atoms with Crippen LogP contribution in [-0.2, 0) is 6.54 Å². The van der Waals surface area contributed by atoms with E-state index in [0.29, 0.717) is 6.04 Å². The maximum absolute atomic E-state index is 4.31. The number of nitrogens with one attached hydrogen (secondary N) is 1. The van der Waals surface area contributed by atoms with E-state index in [2.05, 4.69) is 22.2 Å². The second-order valence-corrected chi connectivity index (χ2v) is 4.19. The number of nitrogens with zero attached hydrogens (tertiary/aromatic N) is 2. The van der Waals surface area contributed by atoms with Gasteiger partial charge in [0.2, 0.25) is 0 Å². The van der Waals surface area contributed by atoms with E-state index in [1.807, 2.05) is 19.3 Å². The fraction of sp³-hybridized carbons (Fsp3) is 0.636. The number of aromatic nitrogens is 2. The fourth-order valence-corrected chi connectivity index (χ4v) is 1.72. The molecular weight excluding hydrogens is 174 g/mol. The van der Waals surface area contributed by atoms with Gasteiger partial charge in [0.25, 0.3) is 0 Å². The molecule has 3 nitrogen and oxygen atoms in total. The molecule has 1 fully saturated rings. The molecule has 0 saturated heterocycles. The van der Waals surface area contributed by atoms with E-state index in [9.17, 15) is 0 Å². The van der Waals surface area contributed by atoms with Crippen molar-refractivity contribution in [2.45, 2.75) is 39.3 Å². The summed E-state index contributed by atoms with van der Waals surface area (Å²) < 4.78 is 0. The molecule has 2 atom stereocenters. The van der Waals surface area contributed by atoms with Gasteiger partial charge in [0.15, 0.2) is 0 Å². The molecule has 0 radical (unpaired) electrons. The van der Waals surface area contributed by atoms with E-state index in [0.717, 1.165) is 23.9 Å². The molecule has 3 heteroatoms. The van der Waals surface area contributed by atoms with Gasteiger partial charge in [0, 0.05) is 25.0 Å². The van der Waals surface area contributed by atoms with E-state index in [4.69, 9.17) is 0 Å². The zero-order chi connectivity index (χ0) is 9.97. The minimum Gasteiger partial charge on any atom is -0.308 e. The Morgan fingerprint density at radius 3 is 2.71 bits per heavy atom. The van der Waals surface area contributed by atoms with Crippen molar-refractivity contribution in [2.24, 2.45) is 5.92 Å². The summed E-state index contributed by atoms with van der Waals surface area (Å²) in [6.45, 7) is 5.10. The highest BCUT2D eigenvalue weighted by atomic mass is 15.0. The van der Waals surface area contributed by atoms with Crippen molar-refractivity contribution < 1.29 is 0 Å². The molecular formula is C11H17N3. The van der Waals surface area contributed by atoms with Gasteiger partial charge in [-0.3, -0.25) is 9.97 Å². The Bertz CT molecular complexity index is 294. The van der Waals surface area contributed by atoms with Crippen LogP contribution in [0.1, 0.15) is 31.2 Å². The van der Waals surface area contributed by atoms with Gasteiger partial charge in [-0.25, -0.2) is 0 Å². The second kappa shape index (κ2) is 4.05. The van der Waals surface area contributed by atoms with Crippen LogP contribution in [0.3, 0.4) is 0 Å². The van der Waals surface area contributed by atoms with E-state index in [-0.39, 0.29) is 0 Å². The Morgan fingerprint density at radius 1 is 1.36 bits per heavy atom. The van der Waals surface area contributed by atoms with Crippen LogP contribution in [-0.4, -0.2) is 16.0 Å². The molecule has 1 saturated carbocycles. The summed E-state index contributed by atoms with van der Waals surface area (Å²) >= 11 is 0. The maximum atomic E-state index is 4.31. The van der Waals surface area contributed by atoms with Crippen LogP contribution in [0, 0.1) is 12.8 Å². The SMILES string of the molecule is Cc1cnc(CNC2CCC2C)cn1. The quantitative estimate of drug-likeness (QED) is 0.789. The standard InChI is InChI=1S/C11H17N3/c1-8-3-4-11(8)14-7-10-6-12-9(2)5-13-10/h5-6,8,11,14H,3-4,7H2,1-2H3. The summed E-state index contributed by atoms with van der Waals surface area (Å²) in [7, 11) is 0. The lowest BCUT2D eigenvalue weighted by Gasteiger charge is -2.34. The number of hydrogen-bond acceptors (Lipinski definition) is 3. The molecule has 1 aliphatic rings. The number of hydrogen-bond donors (Lipinski definition) is 1. The first-order chi connectivity index (χ1) is 6.75. The largest absolute Gasteiger partial charge is 0.308 e. The minimum absolute atomic E-state index is 0.693. The number of rotatable bonds is 3. The number of aryl methyl sites for hydroxylation is 1. The highest BCUT2D eigenvalue weighted by molar-refractivity contribution is 5.01. The first-order valence-electron chi connectivity index (χ1n) is 5.26. The molecule has 14 heavy (non-hydrogen) atoms. The van der Waals surface area contributed by atoms with E-state index >= 15 is 0 Å². The Hall–Kier alpha value is -0.960. The third-order valence-corrected chi connectivity index (χ3v) is 3.00. The summed E-state index contributed by atoms with van der Waals surface area (Å²) in [5.41, 5.74) is 2.01. The van der Waals surface area contributed by atoms with Gasteiger partial charge in [-0.1, -0.05) is 6.92 Å². The summed E-state index contributed by atoms with van der Waals surface area (Å²) in [5, 5.41) is 3.50. The highest BCUT2D eigenvalue weighted by Gasteiger charge is 2.25. The van der Waals surface area contributed by atoms with E-state index in [1.54, 1.807) is 0 Å². The highest BCUT2D eigenvalue weighted by Crippen LogP contribution is 2.26. The predicted octanol–water partition coefficient (Wildman–Crippen LogP) is 1.67. The van der Waals surface area contributed by atoms with Crippen molar-refractivity contribution in [1.29, 1.82) is 0 Å². The summed E-state index contributed by atoms with van der Waals surface area (Å²) in [6, 6.07) is 0.693. The molecule has 0 bridgehead atoms. The maximum Gasteiger partial charge on any atom is 0.0724 e. The topological polar surface area (TPSA) is 37.8 Å². The average Bonchev–Trinajstić information content (AvgIpc) is 2.19. The average molecular weight is 191 g/mol. The zero-order valence-electron chi connectivity index (χ0n) is 8.83. The molecule has 76 valence electrons. The third-order valence-electron chi connectivity index (χ3n) is 3.00. The van der Waals surface area contributed by atoms with E-state index < -0.39 is 0 Å². The third kappa shape index (κ3) is 2.10. The van der Waals surface area contributed by atoms with Gasteiger partial charge in [0.1, 0.15) is 0 Å². The Balaban J connectivity index is 1.83. The molecule has 0 aliphatic heterocycles. The molecule has 1 N–H and O–H groups in total. The van der Waals surface area contributed by atoms with Crippen LogP contribution in [0.2, 0.25) is 0 Å². The smallest absolute Gasteiger partial charge is 0.0724 e. The Labute approximate surface area is 85.0 Å². The lowest BCUT2D eigenvalue weighted by atomic mass is 9.81. The van der Waals surface area contributed by atoms with E-state index in [1.165, 1.54) is 12.8 Å². The zero-order valence-corrected chi connectivity index (χ0v) is 8.83. The molecule has 1 heterocycles. The predicted molar refractivity (Wildman–Crippen MR) is 55.8 cm³/mol. The molecule has 2 rings (SSSR count). The molecule has 1 aromatic heterocycles. The summed E-state index contributed by atoms with van der Waals surface area (Å²) in [6.07, 6.45) is 6.34. The van der Waals surface area contributed by atoms with Gasteiger partial charge >= 0.3 is 0 Å². The first-order valence-corrected chi connectivity index (χ1v) is 5.26. The molecule has 1 aliphatic carbocycles. The molecule has 0 aromatic carbocycles. The van der Waals surface area contributed by atoms with Crippen LogP contribution < -0.4 is 5.32 Å². The minimum atomic E-state index is 0.693. The van der Waals surface area contributed by atoms with Crippen molar-refractivity contribution in [3.05, 3.63) is 23.8 Å². The van der Waals surface area contributed by atoms with Gasteiger partial charge in [-0.2, -0.15) is 0 Å². The van der Waals surface area contributed by atoms with Gasteiger partial charge < -0.3 is 5.32 Å². The van der Waals surface area contributed by atoms with Crippen molar-refractivity contribution in [3.63, 3.8) is 0 Å². The molecule has 0 spiro atoms. The van der Waals surface area contributed by atoms with Crippen molar-refractivity contribution in [2.75, 3.05) is 0 Å². The van der Waals surface area contributed by atoms with Crippen molar-refractivity contribution in [1.82, 2.24) is 15.3 Å².